The lowest BCUT2D eigenvalue weighted by atomic mass is 10.1. The van der Waals surface area contributed by atoms with Gasteiger partial charge in [-0.2, -0.15) is 8.70 Å². The van der Waals surface area contributed by atoms with E-state index in [0.717, 1.165) is 4.31 Å². The number of halogens is 2. The van der Waals surface area contributed by atoms with Crippen LogP contribution in [-0.2, 0) is 10.0 Å². The molecule has 0 radical (unpaired) electrons. The van der Waals surface area contributed by atoms with Gasteiger partial charge in [0.05, 0.1) is 4.92 Å². The Hall–Kier alpha value is -1.65. The predicted octanol–water partition coefficient (Wildman–Crippen LogP) is 0.486. The Bertz CT molecular complexity index is 658. The van der Waals surface area contributed by atoms with Gasteiger partial charge in [-0.1, -0.05) is 0 Å². The monoisotopic (exact) mass is 308 g/mol. The highest BCUT2D eigenvalue weighted by Gasteiger charge is 2.38. The van der Waals surface area contributed by atoms with Crippen molar-refractivity contribution in [3.63, 3.8) is 0 Å². The Balaban J connectivity index is 2.42. The summed E-state index contributed by atoms with van der Waals surface area (Å²) in [6.45, 7) is -0.231. The summed E-state index contributed by atoms with van der Waals surface area (Å²) in [6.07, 6.45) is 0. The molecule has 0 bridgehead atoms. The second-order valence-electron chi connectivity index (χ2n) is 4.36. The molecule has 0 atom stereocenters. The summed E-state index contributed by atoms with van der Waals surface area (Å²) >= 11 is 0. The molecule has 1 heterocycles. The first-order chi connectivity index (χ1) is 9.27. The largest absolute Gasteiger partial charge is 0.396 e. The topological polar surface area (TPSA) is 101 Å². The molecule has 20 heavy (non-hydrogen) atoms. The Morgan fingerprint density at radius 1 is 1.35 bits per heavy atom. The van der Waals surface area contributed by atoms with E-state index in [1.165, 1.54) is 0 Å². The maximum atomic E-state index is 13.6. The molecule has 2 rings (SSSR count). The third-order valence-electron chi connectivity index (χ3n) is 3.00. The molecule has 1 aliphatic heterocycles. The van der Waals surface area contributed by atoms with E-state index in [-0.39, 0.29) is 31.7 Å². The number of sulfonamides is 1. The molecule has 0 unspecified atom stereocenters. The van der Waals surface area contributed by atoms with Crippen molar-refractivity contribution < 1.29 is 27.2 Å². The van der Waals surface area contributed by atoms with E-state index in [2.05, 4.69) is 0 Å². The number of aliphatic hydroxyl groups is 1. The van der Waals surface area contributed by atoms with Crippen LogP contribution in [0.2, 0.25) is 0 Å². The second kappa shape index (κ2) is 5.04. The van der Waals surface area contributed by atoms with Crippen LogP contribution >= 0.6 is 0 Å². The number of nitro benzene ring substituents is 1. The number of nitrogens with zero attached hydrogens (tertiary/aromatic N) is 2. The standard InChI is InChI=1S/C10H10F2N2O5S/c11-7-1-8(12)10(2-9(7)14(16)17)20(18,19)13-3-6(4-13)5-15/h1-2,6,15H,3-5H2. The zero-order valence-electron chi connectivity index (χ0n) is 9.99. The maximum absolute atomic E-state index is 13.6. The van der Waals surface area contributed by atoms with Gasteiger partial charge >= 0.3 is 5.69 Å². The van der Waals surface area contributed by atoms with E-state index in [1.807, 2.05) is 0 Å². The van der Waals surface area contributed by atoms with Gasteiger partial charge in [-0.05, 0) is 0 Å². The summed E-state index contributed by atoms with van der Waals surface area (Å²) in [7, 11) is -4.27. The Labute approximate surface area is 112 Å². The van der Waals surface area contributed by atoms with Gasteiger partial charge in [0, 0.05) is 37.7 Å². The Kier molecular flexibility index (Phi) is 3.71. The van der Waals surface area contributed by atoms with Crippen LogP contribution in [0.25, 0.3) is 0 Å². The first-order valence-electron chi connectivity index (χ1n) is 5.51. The van der Waals surface area contributed by atoms with Crippen molar-refractivity contribution in [2.75, 3.05) is 19.7 Å². The number of hydrogen-bond acceptors (Lipinski definition) is 5. The van der Waals surface area contributed by atoms with Crippen molar-refractivity contribution in [2.24, 2.45) is 5.92 Å². The van der Waals surface area contributed by atoms with Crippen molar-refractivity contribution >= 4 is 15.7 Å². The fraction of sp³-hybridized carbons (Fsp3) is 0.400. The first kappa shape index (κ1) is 14.8. The minimum absolute atomic E-state index is 0.0105. The molecule has 1 N–H and O–H groups in total. The third-order valence-corrected chi connectivity index (χ3v) is 4.84. The van der Waals surface area contributed by atoms with Gasteiger partial charge in [0.2, 0.25) is 15.8 Å². The third kappa shape index (κ3) is 2.37. The molecule has 0 saturated carbocycles. The highest BCUT2D eigenvalue weighted by molar-refractivity contribution is 7.89. The zero-order valence-corrected chi connectivity index (χ0v) is 10.8. The summed E-state index contributed by atoms with van der Waals surface area (Å²) in [5, 5.41) is 19.4. The van der Waals surface area contributed by atoms with Gasteiger partial charge in [-0.3, -0.25) is 10.1 Å². The summed E-state index contributed by atoms with van der Waals surface area (Å²) in [5.74, 6) is -3.08. The number of benzene rings is 1. The van der Waals surface area contributed by atoms with Gasteiger partial charge < -0.3 is 5.11 Å². The van der Waals surface area contributed by atoms with E-state index < -0.39 is 37.2 Å². The van der Waals surface area contributed by atoms with Crippen molar-refractivity contribution in [2.45, 2.75) is 4.90 Å². The molecular formula is C10H10F2N2O5S. The van der Waals surface area contributed by atoms with Gasteiger partial charge in [-0.15, -0.1) is 0 Å². The van der Waals surface area contributed by atoms with Crippen LogP contribution in [-0.4, -0.2) is 42.4 Å². The van der Waals surface area contributed by atoms with E-state index in [0.29, 0.717) is 6.07 Å². The zero-order chi connectivity index (χ0) is 15.1. The lowest BCUT2D eigenvalue weighted by molar-refractivity contribution is -0.387. The maximum Gasteiger partial charge on any atom is 0.306 e. The van der Waals surface area contributed by atoms with Crippen molar-refractivity contribution in [3.8, 4) is 0 Å². The van der Waals surface area contributed by atoms with Crippen LogP contribution in [0.15, 0.2) is 17.0 Å². The average Bonchev–Trinajstić information content (AvgIpc) is 2.25. The van der Waals surface area contributed by atoms with Crippen molar-refractivity contribution in [3.05, 3.63) is 33.9 Å². The van der Waals surface area contributed by atoms with E-state index >= 15 is 0 Å². The molecule has 0 aliphatic carbocycles. The smallest absolute Gasteiger partial charge is 0.306 e. The molecule has 1 aromatic carbocycles. The van der Waals surface area contributed by atoms with Crippen LogP contribution in [0.3, 0.4) is 0 Å². The van der Waals surface area contributed by atoms with Gasteiger partial charge in [0.15, 0.2) is 0 Å². The highest BCUT2D eigenvalue weighted by Crippen LogP contribution is 2.30. The summed E-state index contributed by atoms with van der Waals surface area (Å²) in [6, 6.07) is 0.542. The molecule has 1 fully saturated rings. The molecule has 0 amide bonds. The summed E-state index contributed by atoms with van der Waals surface area (Å²) in [4.78, 5) is 8.50. The molecule has 1 aliphatic rings. The molecule has 1 saturated heterocycles. The predicted molar refractivity (Wildman–Crippen MR) is 62.3 cm³/mol. The quantitative estimate of drug-likeness (QED) is 0.644. The number of aliphatic hydroxyl groups excluding tert-OH is 1. The van der Waals surface area contributed by atoms with Crippen LogP contribution in [0.1, 0.15) is 0 Å². The normalized spacial score (nSPS) is 16.9. The fourth-order valence-corrected chi connectivity index (χ4v) is 3.49. The van der Waals surface area contributed by atoms with Crippen LogP contribution in [0.5, 0.6) is 0 Å². The first-order valence-corrected chi connectivity index (χ1v) is 6.95. The molecule has 10 heteroatoms. The lowest BCUT2D eigenvalue weighted by Crippen LogP contribution is -2.51. The lowest BCUT2D eigenvalue weighted by Gasteiger charge is -2.36. The average molecular weight is 308 g/mol. The number of rotatable bonds is 4. The minimum atomic E-state index is -4.27. The van der Waals surface area contributed by atoms with Gasteiger partial charge in [0.25, 0.3) is 0 Å². The van der Waals surface area contributed by atoms with Gasteiger partial charge in [-0.25, -0.2) is 12.8 Å². The van der Waals surface area contributed by atoms with Crippen molar-refractivity contribution in [1.82, 2.24) is 4.31 Å². The molecule has 0 spiro atoms. The van der Waals surface area contributed by atoms with Crippen molar-refractivity contribution in [1.29, 1.82) is 0 Å². The van der Waals surface area contributed by atoms with E-state index in [4.69, 9.17) is 5.11 Å². The SMILES string of the molecule is O=[N+]([O-])c1cc(S(=O)(=O)N2CC(CO)C2)c(F)cc1F. The van der Waals surface area contributed by atoms with E-state index in [9.17, 15) is 27.3 Å². The minimum Gasteiger partial charge on any atom is -0.396 e. The second-order valence-corrected chi connectivity index (χ2v) is 6.27. The fourth-order valence-electron chi connectivity index (χ4n) is 1.83. The molecular weight excluding hydrogens is 298 g/mol. The van der Waals surface area contributed by atoms with Crippen LogP contribution < -0.4 is 0 Å². The van der Waals surface area contributed by atoms with Crippen LogP contribution in [0.4, 0.5) is 14.5 Å². The molecule has 1 aromatic rings. The number of hydrogen-bond donors (Lipinski definition) is 1. The molecule has 7 nitrogen and oxygen atoms in total. The molecule has 110 valence electrons. The summed E-state index contributed by atoms with van der Waals surface area (Å²) < 4.78 is 51.7. The highest BCUT2D eigenvalue weighted by atomic mass is 32.2. The molecule has 0 aromatic heterocycles. The number of nitro groups is 1. The van der Waals surface area contributed by atoms with E-state index in [1.54, 1.807) is 0 Å². The Morgan fingerprint density at radius 3 is 2.45 bits per heavy atom. The Morgan fingerprint density at radius 2 is 1.95 bits per heavy atom. The van der Waals surface area contributed by atoms with Crippen LogP contribution in [0, 0.1) is 27.7 Å². The summed E-state index contributed by atoms with van der Waals surface area (Å²) in [5.41, 5.74) is -1.11. The van der Waals surface area contributed by atoms with Gasteiger partial charge in [0.1, 0.15) is 10.7 Å².